The molecule has 0 aliphatic heterocycles. The first-order valence-corrected chi connectivity index (χ1v) is 6.34. The Morgan fingerprint density at radius 2 is 2.19 bits per heavy atom. The number of nitrogens with zero attached hydrogens (tertiary/aromatic N) is 2. The van der Waals surface area contributed by atoms with Gasteiger partial charge in [0.1, 0.15) is 11.3 Å². The smallest absolute Gasteiger partial charge is 0.335 e. The molecule has 0 fully saturated rings. The van der Waals surface area contributed by atoms with E-state index in [-0.39, 0.29) is 5.56 Å². The summed E-state index contributed by atoms with van der Waals surface area (Å²) in [7, 11) is 0. The third kappa shape index (κ3) is 2.45. The van der Waals surface area contributed by atoms with Crippen molar-refractivity contribution >= 4 is 23.1 Å². The van der Waals surface area contributed by atoms with E-state index in [0.29, 0.717) is 23.7 Å². The van der Waals surface area contributed by atoms with Gasteiger partial charge >= 0.3 is 5.97 Å². The number of carboxylic acids is 1. The Hall–Kier alpha value is -2.83. The standard InChI is InChI=1S/C14H13N3O4/c1-7-10(8(2)21-17-7)6-15-14-16-11-4-3-9(13(18)19)5-12(11)20-14/h3-5H,6H2,1-2H3,(H,15,16)(H,18,19). The van der Waals surface area contributed by atoms with Gasteiger partial charge < -0.3 is 19.4 Å². The molecule has 21 heavy (non-hydrogen) atoms. The summed E-state index contributed by atoms with van der Waals surface area (Å²) in [6.07, 6.45) is 0. The molecular formula is C14H13N3O4. The van der Waals surface area contributed by atoms with Gasteiger partial charge in [0.15, 0.2) is 5.58 Å². The van der Waals surface area contributed by atoms with Crippen molar-refractivity contribution in [3.05, 3.63) is 40.8 Å². The van der Waals surface area contributed by atoms with E-state index in [1.54, 1.807) is 6.07 Å². The summed E-state index contributed by atoms with van der Waals surface area (Å²) in [5.41, 5.74) is 2.95. The van der Waals surface area contributed by atoms with E-state index in [9.17, 15) is 4.79 Å². The minimum Gasteiger partial charge on any atom is -0.478 e. The number of carbonyl (C=O) groups is 1. The number of oxazole rings is 1. The maximum absolute atomic E-state index is 10.9. The van der Waals surface area contributed by atoms with Gasteiger partial charge in [0.05, 0.1) is 11.3 Å². The Labute approximate surface area is 119 Å². The molecule has 0 unspecified atom stereocenters. The van der Waals surface area contributed by atoms with Gasteiger partial charge in [-0.05, 0) is 32.0 Å². The van der Waals surface area contributed by atoms with Gasteiger partial charge in [-0.15, -0.1) is 0 Å². The molecule has 0 aliphatic rings. The minimum atomic E-state index is -1.00. The number of hydrogen-bond acceptors (Lipinski definition) is 6. The summed E-state index contributed by atoms with van der Waals surface area (Å²) in [5, 5.41) is 15.9. The zero-order chi connectivity index (χ0) is 15.0. The van der Waals surface area contributed by atoms with Crippen molar-refractivity contribution < 1.29 is 18.8 Å². The molecule has 0 atom stereocenters. The molecule has 7 nitrogen and oxygen atoms in total. The molecule has 1 aromatic carbocycles. The fourth-order valence-electron chi connectivity index (χ4n) is 2.05. The van der Waals surface area contributed by atoms with E-state index < -0.39 is 5.97 Å². The Kier molecular flexibility index (Phi) is 3.09. The predicted molar refractivity (Wildman–Crippen MR) is 74.3 cm³/mol. The predicted octanol–water partition coefficient (Wildman–Crippen LogP) is 2.74. The number of anilines is 1. The van der Waals surface area contributed by atoms with Crippen LogP contribution < -0.4 is 5.32 Å². The summed E-state index contributed by atoms with van der Waals surface area (Å²) in [6, 6.07) is 4.88. The van der Waals surface area contributed by atoms with Crippen LogP contribution in [0.3, 0.4) is 0 Å². The van der Waals surface area contributed by atoms with Crippen LogP contribution in [0.1, 0.15) is 27.4 Å². The SMILES string of the molecule is Cc1noc(C)c1CNc1nc2ccc(C(=O)O)cc2o1. The number of carboxylic acid groups (broad SMARTS) is 1. The second-order valence-electron chi connectivity index (χ2n) is 4.66. The normalized spacial score (nSPS) is 11.0. The molecule has 2 N–H and O–H groups in total. The number of aromatic nitrogens is 2. The molecule has 2 aromatic heterocycles. The highest BCUT2D eigenvalue weighted by Gasteiger charge is 2.12. The lowest BCUT2D eigenvalue weighted by molar-refractivity contribution is 0.0697. The quantitative estimate of drug-likeness (QED) is 0.760. The van der Waals surface area contributed by atoms with Gasteiger partial charge in [-0.3, -0.25) is 0 Å². The van der Waals surface area contributed by atoms with Crippen LogP contribution in [0.25, 0.3) is 11.1 Å². The highest BCUT2D eigenvalue weighted by molar-refractivity contribution is 5.92. The molecule has 0 bridgehead atoms. The first-order chi connectivity index (χ1) is 10.0. The summed E-state index contributed by atoms with van der Waals surface area (Å²) in [5.74, 6) is -0.261. The van der Waals surface area contributed by atoms with Gasteiger partial charge in [0.25, 0.3) is 6.01 Å². The molecule has 0 amide bonds. The van der Waals surface area contributed by atoms with Gasteiger partial charge in [-0.1, -0.05) is 5.16 Å². The van der Waals surface area contributed by atoms with Gasteiger partial charge in [0.2, 0.25) is 0 Å². The Balaban J connectivity index is 1.83. The van der Waals surface area contributed by atoms with Crippen molar-refractivity contribution in [3.63, 3.8) is 0 Å². The molecule has 108 valence electrons. The Bertz CT molecular complexity index is 799. The third-order valence-electron chi connectivity index (χ3n) is 3.23. The van der Waals surface area contributed by atoms with Crippen molar-refractivity contribution in [2.75, 3.05) is 5.32 Å². The number of nitrogens with one attached hydrogen (secondary N) is 1. The van der Waals surface area contributed by atoms with Crippen molar-refractivity contribution in [1.29, 1.82) is 0 Å². The summed E-state index contributed by atoms with van der Waals surface area (Å²) >= 11 is 0. The fourth-order valence-corrected chi connectivity index (χ4v) is 2.05. The van der Waals surface area contributed by atoms with Crippen molar-refractivity contribution in [2.24, 2.45) is 0 Å². The monoisotopic (exact) mass is 287 g/mol. The second-order valence-corrected chi connectivity index (χ2v) is 4.66. The van der Waals surface area contributed by atoms with Crippen molar-refractivity contribution in [3.8, 4) is 0 Å². The van der Waals surface area contributed by atoms with Crippen LogP contribution in [0.4, 0.5) is 6.01 Å². The van der Waals surface area contributed by atoms with Crippen molar-refractivity contribution in [1.82, 2.24) is 10.1 Å². The van der Waals surface area contributed by atoms with Crippen molar-refractivity contribution in [2.45, 2.75) is 20.4 Å². The first-order valence-electron chi connectivity index (χ1n) is 6.34. The highest BCUT2D eigenvalue weighted by Crippen LogP contribution is 2.21. The van der Waals surface area contributed by atoms with E-state index in [4.69, 9.17) is 14.0 Å². The zero-order valence-corrected chi connectivity index (χ0v) is 11.5. The van der Waals surface area contributed by atoms with Crippen LogP contribution in [-0.4, -0.2) is 21.2 Å². The largest absolute Gasteiger partial charge is 0.478 e. The topological polar surface area (TPSA) is 101 Å². The lowest BCUT2D eigenvalue weighted by atomic mass is 10.2. The number of aromatic carboxylic acids is 1. The van der Waals surface area contributed by atoms with E-state index in [0.717, 1.165) is 17.0 Å². The lowest BCUT2D eigenvalue weighted by Gasteiger charge is -2.00. The lowest BCUT2D eigenvalue weighted by Crippen LogP contribution is -2.01. The van der Waals surface area contributed by atoms with Crippen LogP contribution in [0.15, 0.2) is 27.1 Å². The Morgan fingerprint density at radius 3 is 2.86 bits per heavy atom. The van der Waals surface area contributed by atoms with E-state index in [1.807, 2.05) is 13.8 Å². The molecule has 0 spiro atoms. The number of hydrogen-bond donors (Lipinski definition) is 2. The van der Waals surface area contributed by atoms with Crippen LogP contribution in [0, 0.1) is 13.8 Å². The number of benzene rings is 1. The fraction of sp³-hybridized carbons (Fsp3) is 0.214. The highest BCUT2D eigenvalue weighted by atomic mass is 16.5. The maximum atomic E-state index is 10.9. The van der Waals surface area contributed by atoms with E-state index in [1.165, 1.54) is 12.1 Å². The summed E-state index contributed by atoms with van der Waals surface area (Å²) in [6.45, 7) is 4.17. The minimum absolute atomic E-state index is 0.163. The van der Waals surface area contributed by atoms with Crippen LogP contribution in [-0.2, 0) is 6.54 Å². The molecule has 0 radical (unpaired) electrons. The average Bonchev–Trinajstić information content (AvgIpc) is 2.99. The molecule has 0 aliphatic carbocycles. The third-order valence-corrected chi connectivity index (χ3v) is 3.23. The maximum Gasteiger partial charge on any atom is 0.335 e. The summed E-state index contributed by atoms with van der Waals surface area (Å²) in [4.78, 5) is 15.2. The number of fused-ring (bicyclic) bond motifs is 1. The van der Waals surface area contributed by atoms with Crippen LogP contribution in [0.5, 0.6) is 0 Å². The average molecular weight is 287 g/mol. The van der Waals surface area contributed by atoms with Gasteiger partial charge in [-0.25, -0.2) is 4.79 Å². The molecule has 3 aromatic rings. The van der Waals surface area contributed by atoms with Gasteiger partial charge in [0, 0.05) is 12.1 Å². The number of rotatable bonds is 4. The second kappa shape index (κ2) is 4.93. The molecule has 3 rings (SSSR count). The summed E-state index contributed by atoms with van der Waals surface area (Å²) < 4.78 is 10.6. The van der Waals surface area contributed by atoms with E-state index >= 15 is 0 Å². The van der Waals surface area contributed by atoms with Crippen LogP contribution >= 0.6 is 0 Å². The molecule has 0 saturated heterocycles. The molecule has 0 saturated carbocycles. The molecule has 2 heterocycles. The first kappa shape index (κ1) is 13.2. The van der Waals surface area contributed by atoms with E-state index in [2.05, 4.69) is 15.5 Å². The Morgan fingerprint density at radius 1 is 1.38 bits per heavy atom. The number of aryl methyl sites for hydroxylation is 2. The zero-order valence-electron chi connectivity index (χ0n) is 11.5. The molecular weight excluding hydrogens is 274 g/mol. The van der Waals surface area contributed by atoms with Crippen LogP contribution in [0.2, 0.25) is 0 Å². The van der Waals surface area contributed by atoms with Gasteiger partial charge in [-0.2, -0.15) is 4.98 Å². The molecule has 7 heteroatoms.